The number of sulfonamides is 1. The van der Waals surface area contributed by atoms with Gasteiger partial charge in [-0.05, 0) is 61.2 Å². The first-order valence-corrected chi connectivity index (χ1v) is 12.6. The Labute approximate surface area is 199 Å². The summed E-state index contributed by atoms with van der Waals surface area (Å²) in [5, 5.41) is 5.64. The van der Waals surface area contributed by atoms with Crippen LogP contribution in [0.15, 0.2) is 53.4 Å². The van der Waals surface area contributed by atoms with Gasteiger partial charge in [0.15, 0.2) is 0 Å². The van der Waals surface area contributed by atoms with Crippen molar-refractivity contribution >= 4 is 33.4 Å². The molecule has 1 aliphatic heterocycles. The maximum absolute atomic E-state index is 13.1. The summed E-state index contributed by atoms with van der Waals surface area (Å²) in [6.07, 6.45) is 2.81. The normalized spacial score (nSPS) is 16.7. The number of hydrogen-bond donors (Lipinski definition) is 2. The molecule has 1 aliphatic rings. The Hall–Kier alpha value is -2.62. The van der Waals surface area contributed by atoms with Gasteiger partial charge in [-0.1, -0.05) is 30.2 Å². The molecule has 1 atom stereocenters. The van der Waals surface area contributed by atoms with E-state index < -0.39 is 21.8 Å². The fourth-order valence-electron chi connectivity index (χ4n) is 3.80. The number of rotatable bonds is 8. The highest BCUT2D eigenvalue weighted by molar-refractivity contribution is 7.89. The van der Waals surface area contributed by atoms with Gasteiger partial charge in [-0.3, -0.25) is 9.59 Å². The third-order valence-electron chi connectivity index (χ3n) is 5.55. The maximum Gasteiger partial charge on any atom is 0.309 e. The van der Waals surface area contributed by atoms with Crippen molar-refractivity contribution in [3.63, 3.8) is 0 Å². The molecule has 0 saturated carbocycles. The zero-order chi connectivity index (χ0) is 23.8. The van der Waals surface area contributed by atoms with Crippen molar-refractivity contribution in [2.45, 2.75) is 43.2 Å². The third kappa shape index (κ3) is 6.69. The second-order valence-electron chi connectivity index (χ2n) is 7.80. The molecule has 0 unspecified atom stereocenters. The number of piperidine rings is 1. The highest BCUT2D eigenvalue weighted by Crippen LogP contribution is 2.27. The smallest absolute Gasteiger partial charge is 0.309 e. The highest BCUT2D eigenvalue weighted by Gasteiger charge is 2.33. The van der Waals surface area contributed by atoms with Crippen molar-refractivity contribution in [1.82, 2.24) is 14.9 Å². The Balaban J connectivity index is 1.51. The van der Waals surface area contributed by atoms with Crippen molar-refractivity contribution in [3.8, 4) is 5.75 Å². The van der Waals surface area contributed by atoms with Crippen molar-refractivity contribution < 1.29 is 22.7 Å². The summed E-state index contributed by atoms with van der Waals surface area (Å²) in [6.45, 7) is 0.812. The standard InChI is InChI=1S/C23H28ClN3O5S/c1-32-20-7-4-5-17(15-20)16-26-23(29)22(28)25-13-12-19-6-2-3-14-27(19)33(30,31)21-10-8-18(24)9-11-21/h4-5,7-11,15,19H,2-3,6,12-14,16H2,1H3,(H,25,28)(H,26,29)/t19-/m0/s1. The second kappa shape index (κ2) is 11.5. The lowest BCUT2D eigenvalue weighted by Gasteiger charge is -2.34. The predicted molar refractivity (Wildman–Crippen MR) is 125 cm³/mol. The van der Waals surface area contributed by atoms with Gasteiger partial charge in [-0.2, -0.15) is 4.31 Å². The monoisotopic (exact) mass is 493 g/mol. The van der Waals surface area contributed by atoms with E-state index in [2.05, 4.69) is 10.6 Å². The zero-order valence-corrected chi connectivity index (χ0v) is 20.0. The number of ether oxygens (including phenoxy) is 1. The molecule has 3 rings (SSSR count). The number of amides is 2. The van der Waals surface area contributed by atoms with Crippen LogP contribution < -0.4 is 15.4 Å². The van der Waals surface area contributed by atoms with Gasteiger partial charge in [-0.25, -0.2) is 8.42 Å². The molecule has 1 heterocycles. The molecule has 0 radical (unpaired) electrons. The summed E-state index contributed by atoms with van der Waals surface area (Å²) in [4.78, 5) is 24.5. The van der Waals surface area contributed by atoms with Crippen LogP contribution in [0.2, 0.25) is 5.02 Å². The number of carbonyl (C=O) groups is 2. The zero-order valence-electron chi connectivity index (χ0n) is 18.4. The molecular formula is C23H28ClN3O5S. The van der Waals surface area contributed by atoms with Crippen LogP contribution in [0.1, 0.15) is 31.2 Å². The summed E-state index contributed by atoms with van der Waals surface area (Å²) >= 11 is 5.88. The topological polar surface area (TPSA) is 105 Å². The van der Waals surface area contributed by atoms with Crippen LogP contribution in [-0.2, 0) is 26.2 Å². The molecule has 2 amide bonds. The average molecular weight is 494 g/mol. The number of hydrogen-bond acceptors (Lipinski definition) is 5. The van der Waals surface area contributed by atoms with Gasteiger partial charge in [0.2, 0.25) is 10.0 Å². The minimum absolute atomic E-state index is 0.194. The molecule has 0 aliphatic carbocycles. The number of carbonyl (C=O) groups excluding carboxylic acids is 2. The average Bonchev–Trinajstić information content (AvgIpc) is 2.83. The Morgan fingerprint density at radius 2 is 1.82 bits per heavy atom. The summed E-state index contributed by atoms with van der Waals surface area (Å²) in [6, 6.07) is 13.0. The van der Waals surface area contributed by atoms with Crippen LogP contribution in [0, 0.1) is 0 Å². The SMILES string of the molecule is COc1cccc(CNC(=O)C(=O)NCC[C@@H]2CCCCN2S(=O)(=O)c2ccc(Cl)cc2)c1. The minimum atomic E-state index is -3.67. The quantitative estimate of drug-likeness (QED) is 0.550. The largest absolute Gasteiger partial charge is 0.497 e. The molecule has 2 N–H and O–H groups in total. The summed E-state index contributed by atoms with van der Waals surface area (Å²) in [5.74, 6) is -0.829. The molecule has 10 heteroatoms. The summed E-state index contributed by atoms with van der Waals surface area (Å²) in [7, 11) is -2.11. The van der Waals surface area contributed by atoms with Gasteiger partial charge in [0.1, 0.15) is 5.75 Å². The van der Waals surface area contributed by atoms with Crippen molar-refractivity contribution in [1.29, 1.82) is 0 Å². The van der Waals surface area contributed by atoms with Crippen molar-refractivity contribution in [2.75, 3.05) is 20.2 Å². The molecule has 2 aromatic carbocycles. The van der Waals surface area contributed by atoms with Crippen LogP contribution in [0.25, 0.3) is 0 Å². The van der Waals surface area contributed by atoms with E-state index in [1.807, 2.05) is 6.07 Å². The molecule has 33 heavy (non-hydrogen) atoms. The number of methoxy groups -OCH3 is 1. The number of nitrogens with one attached hydrogen (secondary N) is 2. The Morgan fingerprint density at radius 3 is 2.55 bits per heavy atom. The first-order chi connectivity index (χ1) is 15.8. The number of halogens is 1. The highest BCUT2D eigenvalue weighted by atomic mass is 35.5. The van der Waals surface area contributed by atoms with E-state index in [1.54, 1.807) is 37.4 Å². The summed E-state index contributed by atoms with van der Waals surface area (Å²) < 4.78 is 32.8. The lowest BCUT2D eigenvalue weighted by atomic mass is 10.0. The van der Waals surface area contributed by atoms with Crippen LogP contribution in [0.4, 0.5) is 0 Å². The van der Waals surface area contributed by atoms with E-state index in [9.17, 15) is 18.0 Å². The summed E-state index contributed by atoms with van der Waals surface area (Å²) in [5.41, 5.74) is 0.806. The van der Waals surface area contributed by atoms with Gasteiger partial charge in [0.25, 0.3) is 0 Å². The fraction of sp³-hybridized carbons (Fsp3) is 0.391. The fourth-order valence-corrected chi connectivity index (χ4v) is 5.65. The lowest BCUT2D eigenvalue weighted by molar-refractivity contribution is -0.139. The molecule has 0 bridgehead atoms. The van der Waals surface area contributed by atoms with E-state index in [-0.39, 0.29) is 24.0 Å². The molecule has 178 valence electrons. The Kier molecular flexibility index (Phi) is 8.71. The van der Waals surface area contributed by atoms with E-state index in [0.717, 1.165) is 18.4 Å². The van der Waals surface area contributed by atoms with Crippen LogP contribution in [0.3, 0.4) is 0 Å². The second-order valence-corrected chi connectivity index (χ2v) is 10.1. The van der Waals surface area contributed by atoms with E-state index >= 15 is 0 Å². The molecule has 2 aromatic rings. The van der Waals surface area contributed by atoms with E-state index in [1.165, 1.54) is 16.4 Å². The van der Waals surface area contributed by atoms with Gasteiger partial charge < -0.3 is 15.4 Å². The molecule has 0 aromatic heterocycles. The van der Waals surface area contributed by atoms with Crippen molar-refractivity contribution in [2.24, 2.45) is 0 Å². The first-order valence-electron chi connectivity index (χ1n) is 10.8. The van der Waals surface area contributed by atoms with E-state index in [0.29, 0.717) is 30.2 Å². The molecule has 0 spiro atoms. The third-order valence-corrected chi connectivity index (χ3v) is 7.77. The molecule has 1 fully saturated rings. The maximum atomic E-state index is 13.1. The van der Waals surface area contributed by atoms with Gasteiger partial charge in [0.05, 0.1) is 12.0 Å². The van der Waals surface area contributed by atoms with Crippen molar-refractivity contribution in [3.05, 3.63) is 59.1 Å². The van der Waals surface area contributed by atoms with Gasteiger partial charge in [-0.15, -0.1) is 0 Å². The van der Waals surface area contributed by atoms with Gasteiger partial charge in [0, 0.05) is 30.7 Å². The van der Waals surface area contributed by atoms with Crippen LogP contribution >= 0.6 is 11.6 Å². The van der Waals surface area contributed by atoms with Gasteiger partial charge >= 0.3 is 11.8 Å². The first kappa shape index (κ1) is 25.0. The Bertz CT molecular complexity index is 1080. The number of nitrogens with zero attached hydrogens (tertiary/aromatic N) is 1. The predicted octanol–water partition coefficient (Wildman–Crippen LogP) is 2.71. The lowest BCUT2D eigenvalue weighted by Crippen LogP contribution is -2.46. The van der Waals surface area contributed by atoms with E-state index in [4.69, 9.17) is 16.3 Å². The molecular weight excluding hydrogens is 466 g/mol. The minimum Gasteiger partial charge on any atom is -0.497 e. The Morgan fingerprint density at radius 1 is 1.09 bits per heavy atom. The van der Waals surface area contributed by atoms with Crippen LogP contribution in [-0.4, -0.2) is 50.8 Å². The number of benzene rings is 2. The van der Waals surface area contributed by atoms with Crippen LogP contribution in [0.5, 0.6) is 5.75 Å². The molecule has 1 saturated heterocycles. The molecule has 8 nitrogen and oxygen atoms in total.